The van der Waals surface area contributed by atoms with Crippen molar-refractivity contribution in [3.63, 3.8) is 0 Å². The van der Waals surface area contributed by atoms with Crippen molar-refractivity contribution in [2.24, 2.45) is 10.9 Å². The van der Waals surface area contributed by atoms with Crippen LogP contribution in [0.3, 0.4) is 0 Å². The molecule has 0 atom stereocenters. The number of hydrogen-bond acceptors (Lipinski definition) is 2. The predicted octanol–water partition coefficient (Wildman–Crippen LogP) is 3.40. The summed E-state index contributed by atoms with van der Waals surface area (Å²) in [5, 5.41) is 6.57. The molecule has 0 saturated heterocycles. The first-order valence-corrected chi connectivity index (χ1v) is 8.40. The maximum Gasteiger partial charge on any atom is 0.191 e. The first-order chi connectivity index (χ1) is 11.7. The molecule has 1 saturated carbocycles. The van der Waals surface area contributed by atoms with Crippen molar-refractivity contribution in [1.29, 1.82) is 0 Å². The minimum Gasteiger partial charge on any atom is -0.356 e. The van der Waals surface area contributed by atoms with Crippen molar-refractivity contribution in [3.8, 4) is 5.69 Å². The topological polar surface area (TPSA) is 54.2 Å². The molecule has 7 heteroatoms. The Labute approximate surface area is 165 Å². The van der Waals surface area contributed by atoms with Crippen LogP contribution in [0.2, 0.25) is 0 Å². The smallest absolute Gasteiger partial charge is 0.191 e. The molecule has 136 valence electrons. The molecule has 1 aromatic heterocycles. The van der Waals surface area contributed by atoms with E-state index in [1.165, 1.54) is 19.3 Å². The molecule has 1 aromatic carbocycles. The average Bonchev–Trinajstić information content (AvgIpc) is 2.95. The summed E-state index contributed by atoms with van der Waals surface area (Å²) < 4.78 is 16.1. The van der Waals surface area contributed by atoms with Gasteiger partial charge in [0.25, 0.3) is 0 Å². The molecule has 3 rings (SSSR count). The Morgan fingerprint density at radius 1 is 1.36 bits per heavy atom. The van der Waals surface area contributed by atoms with E-state index in [0.29, 0.717) is 12.2 Å². The highest BCUT2D eigenvalue weighted by Gasteiger charge is 2.17. The molecule has 2 N–H and O–H groups in total. The summed E-state index contributed by atoms with van der Waals surface area (Å²) in [6, 6.07) is 5.26. The lowest BCUT2D eigenvalue weighted by Crippen LogP contribution is -2.40. The number of rotatable bonds is 5. The summed E-state index contributed by atoms with van der Waals surface area (Å²) >= 11 is 0. The highest BCUT2D eigenvalue weighted by atomic mass is 127. The predicted molar refractivity (Wildman–Crippen MR) is 109 cm³/mol. The molecular weight excluding hydrogens is 432 g/mol. The zero-order valence-corrected chi connectivity index (χ0v) is 17.0. The summed E-state index contributed by atoms with van der Waals surface area (Å²) in [4.78, 5) is 8.35. The standard InChI is InChI=1S/C18H24FN5.HI/c1-13-21-8-9-24(13)17-7-6-15(10-16(17)19)12-23-18(20-2)22-11-14-4-3-5-14;/h6-10,14H,3-5,11-12H2,1-2H3,(H2,20,22,23);1H. The number of halogens is 2. The van der Waals surface area contributed by atoms with Gasteiger partial charge < -0.3 is 15.2 Å². The number of aryl methyl sites for hydroxylation is 1. The van der Waals surface area contributed by atoms with Crippen molar-refractivity contribution >= 4 is 29.9 Å². The fourth-order valence-electron chi connectivity index (χ4n) is 2.83. The van der Waals surface area contributed by atoms with Crippen molar-refractivity contribution in [1.82, 2.24) is 20.2 Å². The average molecular weight is 457 g/mol. The van der Waals surface area contributed by atoms with Gasteiger partial charge in [-0.3, -0.25) is 4.99 Å². The molecule has 0 bridgehead atoms. The van der Waals surface area contributed by atoms with Gasteiger partial charge in [-0.1, -0.05) is 12.5 Å². The van der Waals surface area contributed by atoms with Gasteiger partial charge in [0.15, 0.2) is 5.96 Å². The molecule has 25 heavy (non-hydrogen) atoms. The first kappa shape index (κ1) is 19.7. The third kappa shape index (κ3) is 4.93. The number of hydrogen-bond donors (Lipinski definition) is 2. The molecule has 0 amide bonds. The van der Waals surface area contributed by atoms with Gasteiger partial charge in [0.1, 0.15) is 11.6 Å². The van der Waals surface area contributed by atoms with Crippen molar-refractivity contribution in [2.45, 2.75) is 32.7 Å². The molecule has 0 radical (unpaired) electrons. The van der Waals surface area contributed by atoms with Crippen molar-refractivity contribution < 1.29 is 4.39 Å². The highest BCUT2D eigenvalue weighted by molar-refractivity contribution is 14.0. The molecule has 1 fully saturated rings. The van der Waals surface area contributed by atoms with E-state index in [1.807, 2.05) is 13.0 Å². The number of aromatic nitrogens is 2. The monoisotopic (exact) mass is 457 g/mol. The van der Waals surface area contributed by atoms with Gasteiger partial charge in [0.05, 0.1) is 5.69 Å². The fourth-order valence-corrected chi connectivity index (χ4v) is 2.83. The Morgan fingerprint density at radius 2 is 2.16 bits per heavy atom. The van der Waals surface area contributed by atoms with Gasteiger partial charge in [-0.05, 0) is 43.4 Å². The molecular formula is C18H25FIN5. The van der Waals surface area contributed by atoms with Crippen LogP contribution in [0.5, 0.6) is 0 Å². The van der Waals surface area contributed by atoms with Gasteiger partial charge in [0, 0.05) is 32.5 Å². The van der Waals surface area contributed by atoms with E-state index in [2.05, 4.69) is 20.6 Å². The molecule has 1 aliphatic carbocycles. The van der Waals surface area contributed by atoms with E-state index in [4.69, 9.17) is 0 Å². The van der Waals surface area contributed by atoms with Gasteiger partial charge in [-0.15, -0.1) is 24.0 Å². The SMILES string of the molecule is CN=C(NCc1ccc(-n2ccnc2C)c(F)c1)NCC1CCC1.I. The largest absolute Gasteiger partial charge is 0.356 e. The van der Waals surface area contributed by atoms with Gasteiger partial charge in [-0.25, -0.2) is 9.37 Å². The third-order valence-corrected chi connectivity index (χ3v) is 4.56. The van der Waals surface area contributed by atoms with E-state index in [-0.39, 0.29) is 29.8 Å². The summed E-state index contributed by atoms with van der Waals surface area (Å²) in [6.45, 7) is 3.34. The quantitative estimate of drug-likeness (QED) is 0.411. The Bertz CT molecular complexity index is 724. The summed E-state index contributed by atoms with van der Waals surface area (Å²) in [7, 11) is 1.75. The van der Waals surface area contributed by atoms with Crippen LogP contribution >= 0.6 is 24.0 Å². The Balaban J connectivity index is 0.00000225. The van der Waals surface area contributed by atoms with Crippen LogP contribution in [0, 0.1) is 18.7 Å². The second kappa shape index (κ2) is 9.17. The number of imidazole rings is 1. The molecule has 0 spiro atoms. The van der Waals surface area contributed by atoms with Gasteiger partial charge in [-0.2, -0.15) is 0 Å². The minimum atomic E-state index is -0.257. The summed E-state index contributed by atoms with van der Waals surface area (Å²) in [6.07, 6.45) is 7.36. The number of benzene rings is 1. The highest BCUT2D eigenvalue weighted by Crippen LogP contribution is 2.25. The van der Waals surface area contributed by atoms with E-state index in [1.54, 1.807) is 36.1 Å². The van der Waals surface area contributed by atoms with Gasteiger partial charge in [0.2, 0.25) is 0 Å². The van der Waals surface area contributed by atoms with E-state index >= 15 is 0 Å². The van der Waals surface area contributed by atoms with Crippen LogP contribution < -0.4 is 10.6 Å². The number of guanidine groups is 1. The normalized spacial score (nSPS) is 14.6. The number of aliphatic imine (C=N–C) groups is 1. The minimum absolute atomic E-state index is 0. The lowest BCUT2D eigenvalue weighted by molar-refractivity contribution is 0.314. The second-order valence-electron chi connectivity index (χ2n) is 6.23. The molecule has 1 aliphatic rings. The second-order valence-corrected chi connectivity index (χ2v) is 6.23. The molecule has 2 aromatic rings. The Hall–Kier alpha value is -1.64. The summed E-state index contributed by atoms with van der Waals surface area (Å²) in [5.41, 5.74) is 1.39. The van der Waals surface area contributed by atoms with Gasteiger partial charge >= 0.3 is 0 Å². The van der Waals surface area contributed by atoms with E-state index in [0.717, 1.165) is 29.8 Å². The summed E-state index contributed by atoms with van der Waals surface area (Å²) in [5.74, 6) is 2.03. The fraction of sp³-hybridized carbons (Fsp3) is 0.444. The van der Waals surface area contributed by atoms with E-state index in [9.17, 15) is 4.39 Å². The van der Waals surface area contributed by atoms with Crippen LogP contribution in [0.15, 0.2) is 35.6 Å². The maximum absolute atomic E-state index is 14.4. The maximum atomic E-state index is 14.4. The van der Waals surface area contributed by atoms with Crippen molar-refractivity contribution in [2.75, 3.05) is 13.6 Å². The lowest BCUT2D eigenvalue weighted by Gasteiger charge is -2.26. The van der Waals surface area contributed by atoms with Crippen LogP contribution in [0.1, 0.15) is 30.7 Å². The third-order valence-electron chi connectivity index (χ3n) is 4.56. The lowest BCUT2D eigenvalue weighted by atomic mass is 9.85. The van der Waals surface area contributed by atoms with Crippen molar-refractivity contribution in [3.05, 3.63) is 47.8 Å². The van der Waals surface area contributed by atoms with Crippen LogP contribution in [-0.4, -0.2) is 29.1 Å². The van der Waals surface area contributed by atoms with Crippen LogP contribution in [0.25, 0.3) is 5.69 Å². The zero-order chi connectivity index (χ0) is 16.9. The zero-order valence-electron chi connectivity index (χ0n) is 14.6. The molecule has 0 unspecified atom stereocenters. The molecule has 0 aliphatic heterocycles. The molecule has 1 heterocycles. The number of nitrogens with zero attached hydrogens (tertiary/aromatic N) is 3. The number of nitrogens with one attached hydrogen (secondary N) is 2. The van der Waals surface area contributed by atoms with E-state index < -0.39 is 0 Å². The molecule has 5 nitrogen and oxygen atoms in total. The van der Waals surface area contributed by atoms with Crippen LogP contribution in [0.4, 0.5) is 4.39 Å². The Kier molecular flexibility index (Phi) is 7.22. The van der Waals surface area contributed by atoms with Crippen LogP contribution in [-0.2, 0) is 6.54 Å². The first-order valence-electron chi connectivity index (χ1n) is 8.40. The Morgan fingerprint density at radius 3 is 2.72 bits per heavy atom.